The average molecular weight is 281 g/mol. The van der Waals surface area contributed by atoms with E-state index in [1.165, 1.54) is 38.2 Å². The molecular formula is C13H19N3O2S. The van der Waals surface area contributed by atoms with E-state index in [0.29, 0.717) is 5.82 Å². The molecule has 1 N–H and O–H groups in total. The third kappa shape index (κ3) is 3.37. The lowest BCUT2D eigenvalue weighted by Crippen LogP contribution is -2.35. The summed E-state index contributed by atoms with van der Waals surface area (Å²) in [6, 6.07) is 3.08. The molecule has 0 spiro atoms. The molecule has 1 fully saturated rings. The van der Waals surface area contributed by atoms with Gasteiger partial charge in [0.2, 0.25) is 5.82 Å². The second-order valence-electron chi connectivity index (χ2n) is 4.93. The highest BCUT2D eigenvalue weighted by atomic mass is 32.2. The highest BCUT2D eigenvalue weighted by molar-refractivity contribution is 8.00. The van der Waals surface area contributed by atoms with Crippen molar-refractivity contribution in [3.8, 4) is 0 Å². The standard InChI is InChI=1S/C13H19N3O2S/c1-19-13(7-3-2-4-8-13)10-15-12-11(16(17)18)6-5-9-14-12/h5-6,9H,2-4,7-8,10H2,1H3,(H,14,15). The molecule has 19 heavy (non-hydrogen) atoms. The number of anilines is 1. The summed E-state index contributed by atoms with van der Waals surface area (Å²) in [5, 5.41) is 14.1. The Labute approximate surface area is 117 Å². The van der Waals surface area contributed by atoms with E-state index in [9.17, 15) is 10.1 Å². The van der Waals surface area contributed by atoms with E-state index in [1.807, 2.05) is 11.8 Å². The van der Waals surface area contributed by atoms with Gasteiger partial charge in [0.25, 0.3) is 0 Å². The molecule has 0 saturated heterocycles. The molecule has 6 heteroatoms. The second kappa shape index (κ2) is 6.23. The predicted octanol–water partition coefficient (Wildman–Crippen LogP) is 3.47. The van der Waals surface area contributed by atoms with Crippen molar-refractivity contribution < 1.29 is 4.92 Å². The molecule has 0 aliphatic heterocycles. The summed E-state index contributed by atoms with van der Waals surface area (Å²) in [5.74, 6) is 0.381. The third-order valence-electron chi connectivity index (χ3n) is 3.76. The van der Waals surface area contributed by atoms with Gasteiger partial charge in [-0.25, -0.2) is 4.98 Å². The molecule has 2 rings (SSSR count). The Bertz CT molecular complexity index is 447. The van der Waals surface area contributed by atoms with Crippen LogP contribution < -0.4 is 5.32 Å². The number of nitrogens with one attached hydrogen (secondary N) is 1. The van der Waals surface area contributed by atoms with Gasteiger partial charge >= 0.3 is 5.69 Å². The Hall–Kier alpha value is -1.30. The molecule has 1 saturated carbocycles. The molecule has 0 radical (unpaired) electrons. The fourth-order valence-electron chi connectivity index (χ4n) is 2.57. The molecule has 0 amide bonds. The third-order valence-corrected chi connectivity index (χ3v) is 5.18. The van der Waals surface area contributed by atoms with Crippen LogP contribution in [-0.4, -0.2) is 27.5 Å². The van der Waals surface area contributed by atoms with Crippen molar-refractivity contribution in [3.05, 3.63) is 28.4 Å². The van der Waals surface area contributed by atoms with Crippen molar-refractivity contribution in [1.82, 2.24) is 4.98 Å². The Morgan fingerprint density at radius 2 is 2.21 bits per heavy atom. The molecule has 1 aliphatic carbocycles. The molecule has 1 aromatic heterocycles. The smallest absolute Gasteiger partial charge is 0.311 e. The van der Waals surface area contributed by atoms with Gasteiger partial charge in [-0.05, 0) is 25.2 Å². The quantitative estimate of drug-likeness (QED) is 0.661. The van der Waals surface area contributed by atoms with Crippen LogP contribution >= 0.6 is 11.8 Å². The minimum Gasteiger partial charge on any atom is -0.363 e. The topological polar surface area (TPSA) is 68.1 Å². The van der Waals surface area contributed by atoms with Crippen molar-refractivity contribution in [2.75, 3.05) is 18.1 Å². The van der Waals surface area contributed by atoms with Crippen LogP contribution in [0.4, 0.5) is 11.5 Å². The van der Waals surface area contributed by atoms with E-state index >= 15 is 0 Å². The molecular weight excluding hydrogens is 262 g/mol. The summed E-state index contributed by atoms with van der Waals surface area (Å²) in [7, 11) is 0. The van der Waals surface area contributed by atoms with Gasteiger partial charge in [-0.2, -0.15) is 11.8 Å². The maximum absolute atomic E-state index is 10.9. The number of hydrogen-bond donors (Lipinski definition) is 1. The van der Waals surface area contributed by atoms with E-state index in [2.05, 4.69) is 16.6 Å². The van der Waals surface area contributed by atoms with E-state index in [0.717, 1.165) is 6.54 Å². The molecule has 104 valence electrons. The van der Waals surface area contributed by atoms with E-state index in [-0.39, 0.29) is 15.4 Å². The fraction of sp³-hybridized carbons (Fsp3) is 0.615. The average Bonchev–Trinajstić information content (AvgIpc) is 2.46. The van der Waals surface area contributed by atoms with Gasteiger partial charge in [0.1, 0.15) is 0 Å². The van der Waals surface area contributed by atoms with Crippen LogP contribution in [0, 0.1) is 10.1 Å². The number of thioether (sulfide) groups is 1. The number of rotatable bonds is 5. The Morgan fingerprint density at radius 1 is 1.47 bits per heavy atom. The van der Waals surface area contributed by atoms with Crippen molar-refractivity contribution in [1.29, 1.82) is 0 Å². The van der Waals surface area contributed by atoms with Crippen LogP contribution in [0.5, 0.6) is 0 Å². The number of aromatic nitrogens is 1. The lowest BCUT2D eigenvalue weighted by Gasteiger charge is -2.35. The van der Waals surface area contributed by atoms with Gasteiger partial charge in [0.05, 0.1) is 4.92 Å². The lowest BCUT2D eigenvalue weighted by molar-refractivity contribution is -0.384. The summed E-state index contributed by atoms with van der Waals surface area (Å²) in [4.78, 5) is 14.6. The fourth-order valence-corrected chi connectivity index (χ4v) is 3.49. The highest BCUT2D eigenvalue weighted by Gasteiger charge is 2.31. The number of pyridine rings is 1. The Morgan fingerprint density at radius 3 is 2.84 bits per heavy atom. The predicted molar refractivity (Wildman–Crippen MR) is 78.7 cm³/mol. The molecule has 1 aliphatic rings. The first-order valence-electron chi connectivity index (χ1n) is 6.55. The zero-order valence-electron chi connectivity index (χ0n) is 11.1. The van der Waals surface area contributed by atoms with Gasteiger partial charge in [0, 0.05) is 23.6 Å². The molecule has 0 atom stereocenters. The maximum Gasteiger partial charge on any atom is 0.311 e. The van der Waals surface area contributed by atoms with E-state index in [4.69, 9.17) is 0 Å². The van der Waals surface area contributed by atoms with Crippen molar-refractivity contribution >= 4 is 23.3 Å². The summed E-state index contributed by atoms with van der Waals surface area (Å²) in [5.41, 5.74) is 0.0505. The number of hydrogen-bond acceptors (Lipinski definition) is 5. The van der Waals surface area contributed by atoms with Crippen LogP contribution in [0.25, 0.3) is 0 Å². The normalized spacial score (nSPS) is 17.9. The van der Waals surface area contributed by atoms with Crippen LogP contribution in [0.15, 0.2) is 18.3 Å². The van der Waals surface area contributed by atoms with Gasteiger partial charge in [0.15, 0.2) is 0 Å². The zero-order chi connectivity index (χ0) is 13.7. The number of nitro groups is 1. The molecule has 1 aromatic rings. The monoisotopic (exact) mass is 281 g/mol. The SMILES string of the molecule is CSC1(CNc2ncccc2[N+](=O)[O-])CCCCC1. The van der Waals surface area contributed by atoms with Crippen LogP contribution in [0.3, 0.4) is 0 Å². The first kappa shape index (κ1) is 14.1. The summed E-state index contributed by atoms with van der Waals surface area (Å²) < 4.78 is 0.198. The molecule has 0 unspecified atom stereocenters. The van der Waals surface area contributed by atoms with Gasteiger partial charge in [-0.15, -0.1) is 0 Å². The molecule has 5 nitrogen and oxygen atoms in total. The summed E-state index contributed by atoms with van der Waals surface area (Å²) in [6.45, 7) is 0.742. The maximum atomic E-state index is 10.9. The van der Waals surface area contributed by atoms with Crippen LogP contribution in [-0.2, 0) is 0 Å². The Balaban J connectivity index is 2.07. The van der Waals surface area contributed by atoms with Crippen molar-refractivity contribution in [2.24, 2.45) is 0 Å². The van der Waals surface area contributed by atoms with E-state index < -0.39 is 0 Å². The van der Waals surface area contributed by atoms with Gasteiger partial charge in [-0.3, -0.25) is 10.1 Å². The number of nitrogens with zero attached hydrogens (tertiary/aromatic N) is 2. The van der Waals surface area contributed by atoms with E-state index in [1.54, 1.807) is 12.3 Å². The van der Waals surface area contributed by atoms with Crippen molar-refractivity contribution in [3.63, 3.8) is 0 Å². The minimum absolute atomic E-state index is 0.0505. The second-order valence-corrected chi connectivity index (χ2v) is 6.20. The molecule has 0 bridgehead atoms. The Kier molecular flexibility index (Phi) is 4.63. The summed E-state index contributed by atoms with van der Waals surface area (Å²) >= 11 is 1.87. The largest absolute Gasteiger partial charge is 0.363 e. The van der Waals surface area contributed by atoms with Crippen LogP contribution in [0.2, 0.25) is 0 Å². The highest BCUT2D eigenvalue weighted by Crippen LogP contribution is 2.39. The minimum atomic E-state index is -0.387. The van der Waals surface area contributed by atoms with Gasteiger partial charge < -0.3 is 5.32 Å². The molecule has 0 aromatic carbocycles. The molecule has 1 heterocycles. The van der Waals surface area contributed by atoms with Crippen LogP contribution in [0.1, 0.15) is 32.1 Å². The zero-order valence-corrected chi connectivity index (χ0v) is 11.9. The summed E-state index contributed by atoms with van der Waals surface area (Å²) in [6.07, 6.45) is 9.83. The first-order chi connectivity index (χ1) is 9.17. The van der Waals surface area contributed by atoms with Crippen molar-refractivity contribution in [2.45, 2.75) is 36.9 Å². The first-order valence-corrected chi connectivity index (χ1v) is 7.78. The van der Waals surface area contributed by atoms with Gasteiger partial charge in [-0.1, -0.05) is 19.3 Å². The lowest BCUT2D eigenvalue weighted by atomic mass is 9.88.